The molecule has 30 heavy (non-hydrogen) atoms. The SMILES string of the molecule is CCCCOc1ccc(C(=O)N(CC[NH+]2CCCC2)CC(=O)Nc2ccon2)cc1. The maximum absolute atomic E-state index is 13.1. The van der Waals surface area contributed by atoms with E-state index in [2.05, 4.69) is 17.4 Å². The highest BCUT2D eigenvalue weighted by Gasteiger charge is 2.23. The number of likely N-dealkylation sites (tertiary alicyclic amines) is 1. The standard InChI is InChI=1S/C22H30N4O4/c1-2-3-15-29-19-8-6-18(7-9-19)22(28)26(14-13-25-11-4-5-12-25)17-21(27)23-20-10-16-30-24-20/h6-10,16H,2-5,11-15,17H2,1H3,(H,23,24,27)/p+1. The number of anilines is 1. The number of amides is 2. The van der Waals surface area contributed by atoms with Gasteiger partial charge in [-0.15, -0.1) is 0 Å². The number of ether oxygens (including phenoxy) is 1. The van der Waals surface area contributed by atoms with Crippen LogP contribution in [0.5, 0.6) is 5.75 Å². The van der Waals surface area contributed by atoms with Crippen molar-refractivity contribution in [3.05, 3.63) is 42.2 Å². The minimum atomic E-state index is -0.298. The van der Waals surface area contributed by atoms with Crippen molar-refractivity contribution in [3.8, 4) is 5.75 Å². The molecule has 1 saturated heterocycles. The Morgan fingerprint density at radius 1 is 1.20 bits per heavy atom. The normalized spacial score (nSPS) is 13.9. The van der Waals surface area contributed by atoms with E-state index in [1.807, 2.05) is 12.1 Å². The summed E-state index contributed by atoms with van der Waals surface area (Å²) in [5.74, 6) is 0.625. The van der Waals surface area contributed by atoms with Gasteiger partial charge >= 0.3 is 0 Å². The lowest BCUT2D eigenvalue weighted by Crippen LogP contribution is -3.10. The average molecular weight is 416 g/mol. The van der Waals surface area contributed by atoms with Crippen molar-refractivity contribution in [3.63, 3.8) is 0 Å². The Kier molecular flexibility index (Phi) is 8.26. The molecule has 8 nitrogen and oxygen atoms in total. The van der Waals surface area contributed by atoms with Gasteiger partial charge in [-0.05, 0) is 30.7 Å². The van der Waals surface area contributed by atoms with E-state index >= 15 is 0 Å². The largest absolute Gasteiger partial charge is 0.494 e. The Bertz CT molecular complexity index is 786. The Hall–Kier alpha value is -2.87. The van der Waals surface area contributed by atoms with Crippen molar-refractivity contribution >= 4 is 17.6 Å². The molecule has 3 rings (SSSR count). The highest BCUT2D eigenvalue weighted by molar-refractivity contribution is 5.99. The molecule has 1 aliphatic rings. The second-order valence-electron chi connectivity index (χ2n) is 7.59. The summed E-state index contributed by atoms with van der Waals surface area (Å²) in [5.41, 5.74) is 0.545. The first-order valence-corrected chi connectivity index (χ1v) is 10.7. The van der Waals surface area contributed by atoms with Gasteiger partial charge in [-0.2, -0.15) is 0 Å². The summed E-state index contributed by atoms with van der Waals surface area (Å²) >= 11 is 0. The Morgan fingerprint density at radius 2 is 1.97 bits per heavy atom. The van der Waals surface area contributed by atoms with E-state index in [0.717, 1.165) is 38.2 Å². The number of quaternary nitrogens is 1. The average Bonchev–Trinajstić information content (AvgIpc) is 3.45. The van der Waals surface area contributed by atoms with E-state index in [1.165, 1.54) is 24.0 Å². The van der Waals surface area contributed by atoms with Gasteiger partial charge in [0.2, 0.25) is 5.91 Å². The number of aromatic nitrogens is 1. The maximum Gasteiger partial charge on any atom is 0.254 e. The lowest BCUT2D eigenvalue weighted by atomic mass is 10.2. The zero-order chi connectivity index (χ0) is 21.2. The summed E-state index contributed by atoms with van der Waals surface area (Å²) in [6.07, 6.45) is 5.89. The smallest absolute Gasteiger partial charge is 0.254 e. The van der Waals surface area contributed by atoms with Crippen molar-refractivity contribution in [2.75, 3.05) is 44.6 Å². The predicted molar refractivity (Wildman–Crippen MR) is 113 cm³/mol. The van der Waals surface area contributed by atoms with Crippen LogP contribution in [0.15, 0.2) is 41.1 Å². The Labute approximate surface area is 177 Å². The van der Waals surface area contributed by atoms with Crippen molar-refractivity contribution in [1.82, 2.24) is 10.1 Å². The van der Waals surface area contributed by atoms with Crippen molar-refractivity contribution in [2.45, 2.75) is 32.6 Å². The molecule has 0 spiro atoms. The summed E-state index contributed by atoms with van der Waals surface area (Å²) in [4.78, 5) is 28.6. The fourth-order valence-corrected chi connectivity index (χ4v) is 3.51. The quantitative estimate of drug-likeness (QED) is 0.545. The zero-order valence-corrected chi connectivity index (χ0v) is 17.6. The molecular formula is C22H31N4O4+. The third kappa shape index (κ3) is 6.59. The van der Waals surface area contributed by atoms with Crippen LogP contribution in [-0.2, 0) is 4.79 Å². The number of nitrogens with zero attached hydrogens (tertiary/aromatic N) is 2. The van der Waals surface area contributed by atoms with Gasteiger partial charge in [0.1, 0.15) is 18.6 Å². The van der Waals surface area contributed by atoms with Gasteiger partial charge in [-0.1, -0.05) is 18.5 Å². The second kappa shape index (κ2) is 11.3. The number of hydrogen-bond donors (Lipinski definition) is 2. The van der Waals surface area contributed by atoms with Crippen LogP contribution >= 0.6 is 0 Å². The van der Waals surface area contributed by atoms with Crippen molar-refractivity contribution < 1.29 is 23.7 Å². The van der Waals surface area contributed by atoms with Gasteiger partial charge in [0.05, 0.1) is 32.8 Å². The molecule has 1 aromatic heterocycles. The molecule has 0 saturated carbocycles. The van der Waals surface area contributed by atoms with Crippen LogP contribution in [0.3, 0.4) is 0 Å². The van der Waals surface area contributed by atoms with Crippen LogP contribution < -0.4 is 15.0 Å². The first kappa shape index (κ1) is 21.8. The van der Waals surface area contributed by atoms with Gasteiger partial charge in [0, 0.05) is 24.5 Å². The minimum absolute atomic E-state index is 0.0340. The summed E-state index contributed by atoms with van der Waals surface area (Å²) in [7, 11) is 0. The summed E-state index contributed by atoms with van der Waals surface area (Å²) < 4.78 is 10.4. The molecule has 1 aliphatic heterocycles. The van der Waals surface area contributed by atoms with E-state index in [0.29, 0.717) is 24.5 Å². The monoisotopic (exact) mass is 415 g/mol. The fraction of sp³-hybridized carbons (Fsp3) is 0.500. The summed E-state index contributed by atoms with van der Waals surface area (Å²) in [6.45, 7) is 6.34. The minimum Gasteiger partial charge on any atom is -0.494 e. The van der Waals surface area contributed by atoms with Gasteiger partial charge < -0.3 is 24.4 Å². The number of hydrogen-bond acceptors (Lipinski definition) is 5. The molecule has 0 bridgehead atoms. The van der Waals surface area contributed by atoms with Gasteiger partial charge in [-0.3, -0.25) is 9.59 Å². The maximum atomic E-state index is 13.1. The molecule has 2 amide bonds. The number of unbranched alkanes of at least 4 members (excludes halogenated alkanes) is 1. The van der Waals surface area contributed by atoms with E-state index in [4.69, 9.17) is 9.26 Å². The molecule has 1 fully saturated rings. The van der Waals surface area contributed by atoms with E-state index in [1.54, 1.807) is 23.1 Å². The first-order valence-electron chi connectivity index (χ1n) is 10.7. The van der Waals surface area contributed by atoms with Crippen LogP contribution in [0.2, 0.25) is 0 Å². The highest BCUT2D eigenvalue weighted by atomic mass is 16.5. The van der Waals surface area contributed by atoms with Gasteiger partial charge in [0.15, 0.2) is 5.82 Å². The molecule has 0 atom stereocenters. The van der Waals surface area contributed by atoms with Gasteiger partial charge in [0.25, 0.3) is 5.91 Å². The molecular weight excluding hydrogens is 384 g/mol. The summed E-state index contributed by atoms with van der Waals surface area (Å²) in [5, 5.41) is 6.35. The number of nitrogens with one attached hydrogen (secondary N) is 2. The molecule has 0 radical (unpaired) electrons. The Morgan fingerprint density at radius 3 is 2.63 bits per heavy atom. The molecule has 2 aromatic rings. The molecule has 0 unspecified atom stereocenters. The lowest BCUT2D eigenvalue weighted by Gasteiger charge is -2.23. The highest BCUT2D eigenvalue weighted by Crippen LogP contribution is 2.14. The summed E-state index contributed by atoms with van der Waals surface area (Å²) in [6, 6.07) is 8.70. The van der Waals surface area contributed by atoms with Crippen LogP contribution in [0.4, 0.5) is 5.82 Å². The third-order valence-electron chi connectivity index (χ3n) is 5.24. The zero-order valence-electron chi connectivity index (χ0n) is 17.6. The molecule has 8 heteroatoms. The molecule has 0 aliphatic carbocycles. The molecule has 162 valence electrons. The van der Waals surface area contributed by atoms with E-state index in [9.17, 15) is 9.59 Å². The fourth-order valence-electron chi connectivity index (χ4n) is 3.51. The first-order chi connectivity index (χ1) is 14.7. The van der Waals surface area contributed by atoms with Gasteiger partial charge in [-0.25, -0.2) is 0 Å². The Balaban J connectivity index is 1.62. The number of carbonyl (C=O) groups is 2. The molecule has 2 N–H and O–H groups in total. The molecule has 1 aromatic carbocycles. The second-order valence-corrected chi connectivity index (χ2v) is 7.59. The van der Waals surface area contributed by atoms with Crippen molar-refractivity contribution in [2.24, 2.45) is 0 Å². The molecule has 2 heterocycles. The van der Waals surface area contributed by atoms with E-state index in [-0.39, 0.29) is 18.4 Å². The van der Waals surface area contributed by atoms with Crippen LogP contribution in [0, 0.1) is 0 Å². The van der Waals surface area contributed by atoms with Crippen molar-refractivity contribution in [1.29, 1.82) is 0 Å². The predicted octanol–water partition coefficient (Wildman–Crippen LogP) is 1.61. The topological polar surface area (TPSA) is 89.1 Å². The van der Waals surface area contributed by atoms with Crippen LogP contribution in [0.25, 0.3) is 0 Å². The third-order valence-corrected chi connectivity index (χ3v) is 5.24. The number of benzene rings is 1. The van der Waals surface area contributed by atoms with Crippen LogP contribution in [0.1, 0.15) is 43.0 Å². The van der Waals surface area contributed by atoms with E-state index < -0.39 is 0 Å². The number of carbonyl (C=O) groups excluding carboxylic acids is 2. The number of rotatable bonds is 11. The lowest BCUT2D eigenvalue weighted by molar-refractivity contribution is -0.886. The van der Waals surface area contributed by atoms with Crippen LogP contribution in [-0.4, -0.2) is 61.2 Å².